The highest BCUT2D eigenvalue weighted by Gasteiger charge is 2.34. The molecule has 1 aromatic rings. The number of hydrogen-bond donors (Lipinski definition) is 3. The second-order valence-corrected chi connectivity index (χ2v) is 6.33. The monoisotopic (exact) mass is 292 g/mol. The number of aromatic nitrogens is 2. The minimum atomic E-state index is -0.476. The van der Waals surface area contributed by atoms with Crippen LogP contribution in [0, 0.1) is 0 Å². The molecule has 2 fully saturated rings. The number of H-pyrrole nitrogens is 1. The molecule has 0 aromatic carbocycles. The summed E-state index contributed by atoms with van der Waals surface area (Å²) in [5.41, 5.74) is -0.645. The molecule has 6 heteroatoms. The lowest BCUT2D eigenvalue weighted by molar-refractivity contribution is -0.0314. The Morgan fingerprint density at radius 2 is 2.24 bits per heavy atom. The Labute approximate surface area is 124 Å². The smallest absolute Gasteiger partial charge is 0.264 e. The van der Waals surface area contributed by atoms with Crippen molar-refractivity contribution < 1.29 is 5.11 Å². The van der Waals surface area contributed by atoms with E-state index in [0.717, 1.165) is 51.0 Å². The molecule has 1 aliphatic carbocycles. The Balaban J connectivity index is 1.58. The van der Waals surface area contributed by atoms with Gasteiger partial charge in [-0.05, 0) is 44.6 Å². The van der Waals surface area contributed by atoms with Crippen molar-refractivity contribution in [2.75, 3.05) is 24.5 Å². The molecule has 0 amide bonds. The molecule has 0 bridgehead atoms. The van der Waals surface area contributed by atoms with Crippen LogP contribution < -0.4 is 15.8 Å². The number of rotatable bonds is 5. The topological polar surface area (TPSA) is 81.2 Å². The van der Waals surface area contributed by atoms with Crippen molar-refractivity contribution in [1.29, 1.82) is 0 Å². The lowest BCUT2D eigenvalue weighted by Gasteiger charge is -2.39. The molecule has 1 aromatic heterocycles. The molecular formula is C15H24N4O2. The van der Waals surface area contributed by atoms with Gasteiger partial charge in [-0.2, -0.15) is 5.10 Å². The molecule has 1 atom stereocenters. The maximum absolute atomic E-state index is 11.1. The Morgan fingerprint density at radius 3 is 2.90 bits per heavy atom. The highest BCUT2D eigenvalue weighted by Crippen LogP contribution is 2.30. The van der Waals surface area contributed by atoms with Crippen LogP contribution in [0.1, 0.15) is 38.5 Å². The third-order valence-corrected chi connectivity index (χ3v) is 4.70. The molecule has 2 heterocycles. The number of aromatic amines is 1. The van der Waals surface area contributed by atoms with E-state index >= 15 is 0 Å². The van der Waals surface area contributed by atoms with E-state index < -0.39 is 5.60 Å². The quantitative estimate of drug-likeness (QED) is 0.742. The largest absolute Gasteiger partial charge is 0.389 e. The first kappa shape index (κ1) is 14.5. The number of nitrogens with one attached hydrogen (secondary N) is 2. The lowest BCUT2D eigenvalue weighted by atomic mass is 9.80. The summed E-state index contributed by atoms with van der Waals surface area (Å²) in [6, 6.07) is 3.69. The molecule has 1 saturated carbocycles. The number of piperidine rings is 1. The van der Waals surface area contributed by atoms with E-state index in [1.807, 2.05) is 0 Å². The molecule has 0 radical (unpaired) electrons. The first-order chi connectivity index (χ1) is 10.2. The van der Waals surface area contributed by atoms with E-state index in [2.05, 4.69) is 20.4 Å². The van der Waals surface area contributed by atoms with Gasteiger partial charge in [-0.25, -0.2) is 5.10 Å². The highest BCUT2D eigenvalue weighted by atomic mass is 16.3. The van der Waals surface area contributed by atoms with Crippen molar-refractivity contribution in [3.63, 3.8) is 0 Å². The first-order valence-electron chi connectivity index (χ1n) is 7.92. The van der Waals surface area contributed by atoms with E-state index in [0.29, 0.717) is 12.6 Å². The molecule has 1 unspecified atom stereocenters. The van der Waals surface area contributed by atoms with Crippen LogP contribution in [-0.4, -0.2) is 46.6 Å². The Kier molecular flexibility index (Phi) is 4.26. The molecule has 1 saturated heterocycles. The van der Waals surface area contributed by atoms with E-state index in [1.54, 1.807) is 6.07 Å². The fourth-order valence-electron chi connectivity index (χ4n) is 3.24. The van der Waals surface area contributed by atoms with E-state index in [4.69, 9.17) is 0 Å². The number of hydrogen-bond acceptors (Lipinski definition) is 5. The van der Waals surface area contributed by atoms with Crippen molar-refractivity contribution in [3.05, 3.63) is 22.5 Å². The zero-order chi connectivity index (χ0) is 14.7. The Hall–Kier alpha value is -1.40. The van der Waals surface area contributed by atoms with Crippen molar-refractivity contribution >= 4 is 5.82 Å². The van der Waals surface area contributed by atoms with Crippen LogP contribution in [0.2, 0.25) is 0 Å². The fourth-order valence-corrected chi connectivity index (χ4v) is 3.24. The van der Waals surface area contributed by atoms with Crippen LogP contribution in [0.4, 0.5) is 5.82 Å². The molecule has 0 spiro atoms. The third kappa shape index (κ3) is 3.44. The van der Waals surface area contributed by atoms with Crippen molar-refractivity contribution in [2.45, 2.75) is 50.2 Å². The molecule has 3 rings (SSSR count). The summed E-state index contributed by atoms with van der Waals surface area (Å²) >= 11 is 0. The van der Waals surface area contributed by atoms with Gasteiger partial charge in [0.2, 0.25) is 0 Å². The van der Waals surface area contributed by atoms with Crippen LogP contribution >= 0.6 is 0 Å². The van der Waals surface area contributed by atoms with E-state index in [1.165, 1.54) is 12.5 Å². The average molecular weight is 292 g/mol. The van der Waals surface area contributed by atoms with Gasteiger partial charge in [0.25, 0.3) is 5.56 Å². The van der Waals surface area contributed by atoms with Gasteiger partial charge in [-0.3, -0.25) is 4.79 Å². The molecular weight excluding hydrogens is 268 g/mol. The molecule has 1 aliphatic heterocycles. The summed E-state index contributed by atoms with van der Waals surface area (Å²) in [6.07, 6.45) is 6.45. The summed E-state index contributed by atoms with van der Waals surface area (Å²) in [4.78, 5) is 13.4. The summed E-state index contributed by atoms with van der Waals surface area (Å²) in [5, 5.41) is 20.2. The van der Waals surface area contributed by atoms with Crippen molar-refractivity contribution in [3.8, 4) is 0 Å². The fraction of sp³-hybridized carbons (Fsp3) is 0.733. The molecule has 116 valence electrons. The summed E-state index contributed by atoms with van der Waals surface area (Å²) in [6.45, 7) is 2.50. The van der Waals surface area contributed by atoms with Gasteiger partial charge < -0.3 is 15.3 Å². The normalized spacial score (nSPS) is 24.6. The van der Waals surface area contributed by atoms with E-state index in [-0.39, 0.29) is 5.56 Å². The standard InChI is InChI=1S/C15H24N4O2/c20-14-6-5-13(17-18-14)19-9-2-1-4-12(19)10-16-11-15(21)7-3-8-15/h5-6,12,16,21H,1-4,7-11H2,(H,18,20). The van der Waals surface area contributed by atoms with Crippen LogP contribution in [-0.2, 0) is 0 Å². The zero-order valence-electron chi connectivity index (χ0n) is 12.3. The number of anilines is 1. The van der Waals surface area contributed by atoms with Crippen molar-refractivity contribution in [1.82, 2.24) is 15.5 Å². The van der Waals surface area contributed by atoms with Gasteiger partial charge in [0.15, 0.2) is 0 Å². The van der Waals surface area contributed by atoms with Gasteiger partial charge >= 0.3 is 0 Å². The van der Waals surface area contributed by atoms with Crippen molar-refractivity contribution in [2.24, 2.45) is 0 Å². The average Bonchev–Trinajstić information content (AvgIpc) is 2.47. The van der Waals surface area contributed by atoms with Gasteiger partial charge in [0, 0.05) is 31.7 Å². The van der Waals surface area contributed by atoms with Crippen LogP contribution in [0.3, 0.4) is 0 Å². The summed E-state index contributed by atoms with van der Waals surface area (Å²) in [5.74, 6) is 0.837. The maximum Gasteiger partial charge on any atom is 0.264 e. The maximum atomic E-state index is 11.1. The molecule has 2 aliphatic rings. The second kappa shape index (κ2) is 6.15. The van der Waals surface area contributed by atoms with Crippen LogP contribution in [0.25, 0.3) is 0 Å². The zero-order valence-corrected chi connectivity index (χ0v) is 12.3. The Bertz CT molecular complexity index is 506. The third-order valence-electron chi connectivity index (χ3n) is 4.70. The molecule has 21 heavy (non-hydrogen) atoms. The van der Waals surface area contributed by atoms with Gasteiger partial charge in [-0.1, -0.05) is 0 Å². The first-order valence-corrected chi connectivity index (χ1v) is 7.92. The van der Waals surface area contributed by atoms with Gasteiger partial charge in [0.05, 0.1) is 5.60 Å². The highest BCUT2D eigenvalue weighted by molar-refractivity contribution is 5.38. The predicted octanol–water partition coefficient (Wildman–Crippen LogP) is 0.633. The predicted molar refractivity (Wildman–Crippen MR) is 81.5 cm³/mol. The van der Waals surface area contributed by atoms with E-state index in [9.17, 15) is 9.90 Å². The molecule has 3 N–H and O–H groups in total. The number of nitrogens with zero attached hydrogens (tertiary/aromatic N) is 2. The van der Waals surface area contributed by atoms with Crippen LogP contribution in [0.5, 0.6) is 0 Å². The van der Waals surface area contributed by atoms with Gasteiger partial charge in [0.1, 0.15) is 5.82 Å². The van der Waals surface area contributed by atoms with Crippen LogP contribution in [0.15, 0.2) is 16.9 Å². The lowest BCUT2D eigenvalue weighted by Crippen LogP contribution is -2.51. The second-order valence-electron chi connectivity index (χ2n) is 6.33. The summed E-state index contributed by atoms with van der Waals surface area (Å²) in [7, 11) is 0. The SMILES string of the molecule is O=c1ccc(N2CCCCC2CNCC2(O)CCC2)n[nH]1. The van der Waals surface area contributed by atoms with Gasteiger partial charge in [-0.15, -0.1) is 0 Å². The summed E-state index contributed by atoms with van der Waals surface area (Å²) < 4.78 is 0. The minimum absolute atomic E-state index is 0.169. The molecule has 6 nitrogen and oxygen atoms in total. The Morgan fingerprint density at radius 1 is 1.38 bits per heavy atom. The number of aliphatic hydroxyl groups is 1. The minimum Gasteiger partial charge on any atom is -0.389 e.